The van der Waals surface area contributed by atoms with Crippen LogP contribution in [0.1, 0.15) is 43.0 Å². The van der Waals surface area contributed by atoms with Crippen LogP contribution in [0.15, 0.2) is 72.4 Å². The van der Waals surface area contributed by atoms with Crippen LogP contribution in [0, 0.1) is 0 Å². The second-order valence-electron chi connectivity index (χ2n) is 8.01. The van der Waals surface area contributed by atoms with Crippen LogP contribution in [0.4, 0.5) is 10.5 Å². The second kappa shape index (κ2) is 9.46. The van der Waals surface area contributed by atoms with Gasteiger partial charge in [0.05, 0.1) is 5.69 Å². The highest BCUT2D eigenvalue weighted by molar-refractivity contribution is 6.39. The van der Waals surface area contributed by atoms with E-state index in [-0.39, 0.29) is 5.57 Å². The van der Waals surface area contributed by atoms with Crippen molar-refractivity contribution in [2.75, 3.05) is 4.90 Å². The highest BCUT2D eigenvalue weighted by Gasteiger charge is 2.37. The van der Waals surface area contributed by atoms with Gasteiger partial charge in [-0.15, -0.1) is 0 Å². The first kappa shape index (κ1) is 22.6. The summed E-state index contributed by atoms with van der Waals surface area (Å²) in [5.41, 5.74) is 2.98. The number of rotatable bonds is 6. The van der Waals surface area contributed by atoms with Crippen LogP contribution in [-0.2, 0) is 16.1 Å². The smallest absolute Gasteiger partial charge is 0.335 e. The van der Waals surface area contributed by atoms with Crippen LogP contribution < -0.4 is 10.2 Å². The molecule has 7 heteroatoms. The molecule has 1 atom stereocenters. The molecule has 1 N–H and O–H groups in total. The van der Waals surface area contributed by atoms with Crippen molar-refractivity contribution >= 4 is 41.2 Å². The molecule has 4 rings (SSSR count). The second-order valence-corrected chi connectivity index (χ2v) is 8.42. The highest BCUT2D eigenvalue weighted by atomic mass is 35.5. The molecule has 168 valence electrons. The van der Waals surface area contributed by atoms with E-state index in [0.717, 1.165) is 22.4 Å². The lowest BCUT2D eigenvalue weighted by atomic mass is 9.98. The average Bonchev–Trinajstić information content (AvgIpc) is 3.24. The Balaban J connectivity index is 1.64. The monoisotopic (exact) mass is 461 g/mol. The minimum Gasteiger partial charge on any atom is -0.343 e. The largest absolute Gasteiger partial charge is 0.343 e. The van der Waals surface area contributed by atoms with E-state index in [9.17, 15) is 14.4 Å². The molecule has 0 bridgehead atoms. The molecule has 3 aromatic rings. The van der Waals surface area contributed by atoms with Gasteiger partial charge in [-0.1, -0.05) is 55.8 Å². The lowest BCUT2D eigenvalue weighted by molar-refractivity contribution is -0.122. The number of anilines is 1. The number of imide groups is 2. The Morgan fingerprint density at radius 1 is 1.00 bits per heavy atom. The third kappa shape index (κ3) is 4.61. The molecule has 2 aromatic carbocycles. The van der Waals surface area contributed by atoms with E-state index in [4.69, 9.17) is 11.6 Å². The highest BCUT2D eigenvalue weighted by Crippen LogP contribution is 2.26. The van der Waals surface area contributed by atoms with E-state index in [0.29, 0.717) is 28.9 Å². The van der Waals surface area contributed by atoms with Crippen molar-refractivity contribution < 1.29 is 14.4 Å². The third-order valence-corrected chi connectivity index (χ3v) is 6.26. The van der Waals surface area contributed by atoms with Crippen molar-refractivity contribution in [2.45, 2.75) is 32.7 Å². The zero-order valence-corrected chi connectivity index (χ0v) is 19.2. The summed E-state index contributed by atoms with van der Waals surface area (Å²) >= 11 is 6.28. The Labute approximate surface area is 197 Å². The molecule has 1 aliphatic heterocycles. The molecule has 2 heterocycles. The van der Waals surface area contributed by atoms with E-state index in [2.05, 4.69) is 19.2 Å². The van der Waals surface area contributed by atoms with Crippen molar-refractivity contribution in [1.29, 1.82) is 0 Å². The molecule has 0 aliphatic carbocycles. The predicted molar refractivity (Wildman–Crippen MR) is 129 cm³/mol. The van der Waals surface area contributed by atoms with Gasteiger partial charge in [-0.2, -0.15) is 0 Å². The summed E-state index contributed by atoms with van der Waals surface area (Å²) in [4.78, 5) is 39.3. The number of barbiturate groups is 1. The van der Waals surface area contributed by atoms with Gasteiger partial charge in [0.15, 0.2) is 0 Å². The molecule has 1 saturated heterocycles. The predicted octanol–water partition coefficient (Wildman–Crippen LogP) is 5.37. The third-order valence-electron chi connectivity index (χ3n) is 5.89. The van der Waals surface area contributed by atoms with Gasteiger partial charge >= 0.3 is 6.03 Å². The summed E-state index contributed by atoms with van der Waals surface area (Å²) in [5.74, 6) is -1.01. The Morgan fingerprint density at radius 2 is 1.73 bits per heavy atom. The van der Waals surface area contributed by atoms with Gasteiger partial charge in [0.1, 0.15) is 5.57 Å². The molecule has 0 unspecified atom stereocenters. The number of hydrogen-bond donors (Lipinski definition) is 1. The van der Waals surface area contributed by atoms with Crippen molar-refractivity contribution in [3.63, 3.8) is 0 Å². The molecule has 6 nitrogen and oxygen atoms in total. The van der Waals surface area contributed by atoms with E-state index in [1.807, 2.05) is 53.2 Å². The number of urea groups is 1. The Bertz CT molecular complexity index is 1240. The Hall–Kier alpha value is -3.64. The lowest BCUT2D eigenvalue weighted by Gasteiger charge is -2.26. The van der Waals surface area contributed by atoms with Crippen LogP contribution in [0.2, 0.25) is 5.02 Å². The van der Waals surface area contributed by atoms with Gasteiger partial charge in [0.2, 0.25) is 0 Å². The van der Waals surface area contributed by atoms with Gasteiger partial charge < -0.3 is 4.57 Å². The quantitative estimate of drug-likeness (QED) is 0.396. The number of nitrogens with one attached hydrogen (secondary N) is 1. The molecular formula is C26H24ClN3O3. The number of nitrogens with zero attached hydrogens (tertiary/aromatic N) is 2. The standard InChI is InChI=1S/C26H24ClN3O3/c1-3-17(2)18-10-12-20(13-11-18)30-25(32)22(24(31)28-26(30)33)15-21-8-6-14-29(21)16-19-7-4-5-9-23(19)27/h4-15,17H,3,16H2,1-2H3,(H,28,31,33)/b22-15+/t17-/m0/s1. The number of benzene rings is 2. The maximum Gasteiger partial charge on any atom is 0.335 e. The molecule has 1 fully saturated rings. The molecule has 0 saturated carbocycles. The van der Waals surface area contributed by atoms with Crippen LogP contribution in [0.25, 0.3) is 6.08 Å². The lowest BCUT2D eigenvalue weighted by Crippen LogP contribution is -2.54. The van der Waals surface area contributed by atoms with Crippen molar-refractivity contribution in [2.24, 2.45) is 0 Å². The van der Waals surface area contributed by atoms with E-state index >= 15 is 0 Å². The molecule has 1 aliphatic rings. The van der Waals surface area contributed by atoms with Crippen LogP contribution in [0.5, 0.6) is 0 Å². The van der Waals surface area contributed by atoms with Crippen molar-refractivity contribution in [1.82, 2.24) is 9.88 Å². The minimum absolute atomic E-state index is 0.111. The molecule has 0 radical (unpaired) electrons. The van der Waals surface area contributed by atoms with E-state index < -0.39 is 17.8 Å². The SMILES string of the molecule is CC[C@H](C)c1ccc(N2C(=O)NC(=O)/C(=C\c3cccn3Cc3ccccc3Cl)C2=O)cc1. The fourth-order valence-electron chi connectivity index (χ4n) is 3.74. The zero-order chi connectivity index (χ0) is 23.5. The number of amides is 4. The topological polar surface area (TPSA) is 71.4 Å². The molecule has 4 amide bonds. The normalized spacial score (nSPS) is 16.3. The molecule has 0 spiro atoms. The van der Waals surface area contributed by atoms with Gasteiger partial charge in [0.25, 0.3) is 11.8 Å². The number of carbonyl (C=O) groups excluding carboxylic acids is 3. The summed E-state index contributed by atoms with van der Waals surface area (Å²) in [6, 6.07) is 17.6. The average molecular weight is 462 g/mol. The Morgan fingerprint density at radius 3 is 2.42 bits per heavy atom. The molecular weight excluding hydrogens is 438 g/mol. The van der Waals surface area contributed by atoms with Crippen molar-refractivity contribution in [3.05, 3.63) is 94.3 Å². The summed E-state index contributed by atoms with van der Waals surface area (Å²) in [7, 11) is 0. The summed E-state index contributed by atoms with van der Waals surface area (Å²) < 4.78 is 1.89. The number of aromatic nitrogens is 1. The zero-order valence-electron chi connectivity index (χ0n) is 18.4. The maximum absolute atomic E-state index is 13.2. The fourth-order valence-corrected chi connectivity index (χ4v) is 3.94. The first-order valence-corrected chi connectivity index (χ1v) is 11.2. The Kier molecular flexibility index (Phi) is 6.47. The summed E-state index contributed by atoms with van der Waals surface area (Å²) in [5, 5.41) is 2.91. The maximum atomic E-state index is 13.2. The van der Waals surface area contributed by atoms with Crippen LogP contribution in [-0.4, -0.2) is 22.4 Å². The fraction of sp³-hybridized carbons (Fsp3) is 0.192. The van der Waals surface area contributed by atoms with E-state index in [1.54, 1.807) is 18.2 Å². The van der Waals surface area contributed by atoms with E-state index in [1.165, 1.54) is 6.08 Å². The van der Waals surface area contributed by atoms with Gasteiger partial charge in [-0.3, -0.25) is 14.9 Å². The molecule has 1 aromatic heterocycles. The summed E-state index contributed by atoms with van der Waals surface area (Å²) in [6.45, 7) is 4.69. The minimum atomic E-state index is -0.759. The first-order chi connectivity index (χ1) is 15.9. The summed E-state index contributed by atoms with van der Waals surface area (Å²) in [6.07, 6.45) is 4.33. The van der Waals surface area contributed by atoms with Crippen LogP contribution >= 0.6 is 11.6 Å². The number of halogens is 1. The van der Waals surface area contributed by atoms with Gasteiger partial charge in [0, 0.05) is 23.5 Å². The van der Waals surface area contributed by atoms with Gasteiger partial charge in [-0.05, 0) is 59.9 Å². The molecule has 33 heavy (non-hydrogen) atoms. The van der Waals surface area contributed by atoms with Gasteiger partial charge in [-0.25, -0.2) is 9.69 Å². The number of hydrogen-bond acceptors (Lipinski definition) is 3. The first-order valence-electron chi connectivity index (χ1n) is 10.8. The number of carbonyl (C=O) groups is 3. The van der Waals surface area contributed by atoms with Crippen molar-refractivity contribution in [3.8, 4) is 0 Å². The van der Waals surface area contributed by atoms with Crippen LogP contribution in [0.3, 0.4) is 0 Å².